The number of nitrogens with zero attached hydrogens (tertiary/aromatic N) is 1. The van der Waals surface area contributed by atoms with Gasteiger partial charge in [0.15, 0.2) is 0 Å². The van der Waals surface area contributed by atoms with Crippen molar-refractivity contribution in [1.82, 2.24) is 4.98 Å². The summed E-state index contributed by atoms with van der Waals surface area (Å²) < 4.78 is 6.61. The predicted octanol–water partition coefficient (Wildman–Crippen LogP) is 2.36. The van der Waals surface area contributed by atoms with Crippen molar-refractivity contribution < 1.29 is 9.84 Å². The highest BCUT2D eigenvalue weighted by atomic mass is 32.1. The Morgan fingerprint density at radius 3 is 3.07 bits per heavy atom. The van der Waals surface area contributed by atoms with E-state index in [0.29, 0.717) is 6.61 Å². The van der Waals surface area contributed by atoms with Gasteiger partial charge in [0.25, 0.3) is 0 Å². The highest BCUT2D eigenvalue weighted by Crippen LogP contribution is 2.29. The van der Waals surface area contributed by atoms with E-state index in [2.05, 4.69) is 4.98 Å². The molecule has 1 heterocycles. The summed E-state index contributed by atoms with van der Waals surface area (Å²) in [5.74, 6) is 0.748. The molecule has 4 heteroatoms. The van der Waals surface area contributed by atoms with E-state index < -0.39 is 6.10 Å². The average molecular weight is 223 g/mol. The maximum absolute atomic E-state index is 9.15. The van der Waals surface area contributed by atoms with Crippen molar-refractivity contribution in [3.63, 3.8) is 0 Å². The smallest absolute Gasteiger partial charge is 0.146 e. The number of hydrogen-bond donors (Lipinski definition) is 1. The Bertz CT molecular complexity index is 465. The number of aromatic nitrogens is 1. The summed E-state index contributed by atoms with van der Waals surface area (Å²) in [6.07, 6.45) is -0.458. The van der Waals surface area contributed by atoms with Crippen LogP contribution in [0.5, 0.6) is 5.75 Å². The lowest BCUT2D eigenvalue weighted by atomic mass is 10.3. The van der Waals surface area contributed by atoms with Crippen molar-refractivity contribution in [3.8, 4) is 5.75 Å². The van der Waals surface area contributed by atoms with Crippen LogP contribution in [0.3, 0.4) is 0 Å². The Labute approximate surface area is 92.3 Å². The molecule has 0 aliphatic heterocycles. The van der Waals surface area contributed by atoms with Gasteiger partial charge in [0.1, 0.15) is 17.9 Å². The summed E-state index contributed by atoms with van der Waals surface area (Å²) in [5, 5.41) is 10.2. The Balaban J connectivity index is 2.33. The standard InChI is InChI=1S/C11H13NO2S/c1-7(13)6-14-9-4-3-5-10-11(9)12-8(2)15-10/h3-5,7,13H,6H2,1-2H3. The van der Waals surface area contributed by atoms with E-state index in [-0.39, 0.29) is 0 Å². The molecule has 1 unspecified atom stereocenters. The van der Waals surface area contributed by atoms with E-state index in [4.69, 9.17) is 9.84 Å². The fourth-order valence-corrected chi connectivity index (χ4v) is 2.21. The highest BCUT2D eigenvalue weighted by Gasteiger charge is 2.07. The van der Waals surface area contributed by atoms with Gasteiger partial charge in [-0.15, -0.1) is 11.3 Å². The van der Waals surface area contributed by atoms with Crippen molar-refractivity contribution in [3.05, 3.63) is 23.2 Å². The molecule has 0 aliphatic rings. The third-order valence-corrected chi connectivity index (χ3v) is 2.90. The highest BCUT2D eigenvalue weighted by molar-refractivity contribution is 7.18. The zero-order chi connectivity index (χ0) is 10.8. The fraction of sp³-hybridized carbons (Fsp3) is 0.364. The number of ether oxygens (including phenoxy) is 1. The lowest BCUT2D eigenvalue weighted by Gasteiger charge is -2.07. The van der Waals surface area contributed by atoms with Crippen molar-refractivity contribution in [2.75, 3.05) is 6.61 Å². The summed E-state index contributed by atoms with van der Waals surface area (Å²) in [5.41, 5.74) is 0.889. The van der Waals surface area contributed by atoms with Gasteiger partial charge < -0.3 is 9.84 Å². The first-order chi connectivity index (χ1) is 7.16. The van der Waals surface area contributed by atoms with Crippen LogP contribution in [-0.4, -0.2) is 22.8 Å². The molecule has 0 bridgehead atoms. The van der Waals surface area contributed by atoms with Gasteiger partial charge in [0.2, 0.25) is 0 Å². The van der Waals surface area contributed by atoms with Gasteiger partial charge in [-0.3, -0.25) is 0 Å². The number of hydrogen-bond acceptors (Lipinski definition) is 4. The summed E-state index contributed by atoms with van der Waals surface area (Å²) in [6.45, 7) is 3.98. The minimum absolute atomic E-state index is 0.301. The van der Waals surface area contributed by atoms with Crippen LogP contribution in [0.15, 0.2) is 18.2 Å². The van der Waals surface area contributed by atoms with E-state index in [9.17, 15) is 0 Å². The van der Waals surface area contributed by atoms with Gasteiger partial charge in [0, 0.05) is 0 Å². The van der Waals surface area contributed by atoms with Gasteiger partial charge in [0.05, 0.1) is 15.8 Å². The summed E-state index contributed by atoms with van der Waals surface area (Å²) >= 11 is 1.65. The van der Waals surface area contributed by atoms with Crippen LogP contribution in [-0.2, 0) is 0 Å². The molecule has 1 aromatic carbocycles. The van der Waals surface area contributed by atoms with Gasteiger partial charge in [-0.25, -0.2) is 4.98 Å². The van der Waals surface area contributed by atoms with E-state index in [1.54, 1.807) is 18.3 Å². The molecule has 0 saturated heterocycles. The number of rotatable bonds is 3. The largest absolute Gasteiger partial charge is 0.489 e. The van der Waals surface area contributed by atoms with Crippen LogP contribution in [0, 0.1) is 6.92 Å². The van der Waals surface area contributed by atoms with Gasteiger partial charge in [-0.05, 0) is 26.0 Å². The first-order valence-electron chi connectivity index (χ1n) is 4.84. The molecule has 1 atom stereocenters. The van der Waals surface area contributed by atoms with Gasteiger partial charge >= 0.3 is 0 Å². The zero-order valence-electron chi connectivity index (χ0n) is 8.73. The third-order valence-electron chi connectivity index (χ3n) is 1.97. The first kappa shape index (κ1) is 10.4. The number of para-hydroxylation sites is 1. The molecule has 1 aromatic heterocycles. The number of thiazole rings is 1. The quantitative estimate of drug-likeness (QED) is 0.868. The maximum Gasteiger partial charge on any atom is 0.146 e. The molecular formula is C11H13NO2S. The minimum Gasteiger partial charge on any atom is -0.489 e. The predicted molar refractivity (Wildman–Crippen MR) is 61.5 cm³/mol. The van der Waals surface area contributed by atoms with Crippen molar-refractivity contribution >= 4 is 21.6 Å². The maximum atomic E-state index is 9.15. The van der Waals surface area contributed by atoms with E-state index in [1.165, 1.54) is 0 Å². The van der Waals surface area contributed by atoms with E-state index >= 15 is 0 Å². The summed E-state index contributed by atoms with van der Waals surface area (Å²) in [6, 6.07) is 5.84. The van der Waals surface area contributed by atoms with E-state index in [1.807, 2.05) is 25.1 Å². The second-order valence-electron chi connectivity index (χ2n) is 3.50. The summed E-state index contributed by atoms with van der Waals surface area (Å²) in [7, 11) is 0. The van der Waals surface area contributed by atoms with Crippen molar-refractivity contribution in [2.24, 2.45) is 0 Å². The zero-order valence-corrected chi connectivity index (χ0v) is 9.54. The Morgan fingerprint density at radius 1 is 1.53 bits per heavy atom. The third kappa shape index (κ3) is 2.27. The number of fused-ring (bicyclic) bond motifs is 1. The van der Waals surface area contributed by atoms with Crippen LogP contribution < -0.4 is 4.74 Å². The van der Waals surface area contributed by atoms with Crippen LogP contribution in [0.4, 0.5) is 0 Å². The second-order valence-corrected chi connectivity index (χ2v) is 4.73. The SMILES string of the molecule is Cc1nc2c(OCC(C)O)cccc2s1. The molecule has 0 radical (unpaired) electrons. The van der Waals surface area contributed by atoms with Gasteiger partial charge in [-0.1, -0.05) is 6.07 Å². The molecule has 0 aliphatic carbocycles. The Hall–Kier alpha value is -1.13. The van der Waals surface area contributed by atoms with Crippen molar-refractivity contribution in [2.45, 2.75) is 20.0 Å². The van der Waals surface area contributed by atoms with E-state index in [0.717, 1.165) is 21.0 Å². The molecule has 2 rings (SSSR count). The minimum atomic E-state index is -0.458. The Kier molecular flexibility index (Phi) is 2.88. The number of aryl methyl sites for hydroxylation is 1. The number of aliphatic hydroxyl groups excluding tert-OH is 1. The van der Waals surface area contributed by atoms with Gasteiger partial charge in [-0.2, -0.15) is 0 Å². The van der Waals surface area contributed by atoms with Crippen LogP contribution in [0.2, 0.25) is 0 Å². The molecule has 1 N–H and O–H groups in total. The molecular weight excluding hydrogens is 210 g/mol. The topological polar surface area (TPSA) is 42.4 Å². The molecule has 0 spiro atoms. The second kappa shape index (κ2) is 4.16. The Morgan fingerprint density at radius 2 is 2.33 bits per heavy atom. The monoisotopic (exact) mass is 223 g/mol. The lowest BCUT2D eigenvalue weighted by Crippen LogP contribution is -2.12. The molecule has 3 nitrogen and oxygen atoms in total. The lowest BCUT2D eigenvalue weighted by molar-refractivity contribution is 0.123. The average Bonchev–Trinajstić information content (AvgIpc) is 2.55. The first-order valence-corrected chi connectivity index (χ1v) is 5.65. The molecule has 0 fully saturated rings. The van der Waals surface area contributed by atoms with Crippen LogP contribution in [0.25, 0.3) is 10.2 Å². The number of aliphatic hydroxyl groups is 1. The molecule has 15 heavy (non-hydrogen) atoms. The summed E-state index contributed by atoms with van der Waals surface area (Å²) in [4.78, 5) is 4.40. The molecule has 2 aromatic rings. The number of benzene rings is 1. The van der Waals surface area contributed by atoms with Crippen LogP contribution >= 0.6 is 11.3 Å². The molecule has 80 valence electrons. The van der Waals surface area contributed by atoms with Crippen LogP contribution in [0.1, 0.15) is 11.9 Å². The molecule has 0 amide bonds. The normalized spacial score (nSPS) is 13.0. The fourth-order valence-electron chi connectivity index (χ4n) is 1.36. The van der Waals surface area contributed by atoms with Crippen molar-refractivity contribution in [1.29, 1.82) is 0 Å². The molecule has 0 saturated carbocycles.